The zero-order valence-corrected chi connectivity index (χ0v) is 19.0. The summed E-state index contributed by atoms with van der Waals surface area (Å²) in [5, 5.41) is 2.89. The normalized spacial score (nSPS) is 10.9. The topological polar surface area (TPSA) is 69.7 Å². The van der Waals surface area contributed by atoms with Crippen molar-refractivity contribution in [3.63, 3.8) is 0 Å². The largest absolute Gasteiger partial charge is 0.378 e. The summed E-state index contributed by atoms with van der Waals surface area (Å²) in [4.78, 5) is 14.8. The maximum absolute atomic E-state index is 13.1. The van der Waals surface area contributed by atoms with Gasteiger partial charge < -0.3 is 10.2 Å². The fraction of sp³-hybridized carbons (Fsp3) is 0.160. The molecule has 0 aliphatic rings. The van der Waals surface area contributed by atoms with Crippen molar-refractivity contribution in [2.45, 2.75) is 11.4 Å². The van der Waals surface area contributed by atoms with Crippen molar-refractivity contribution in [3.8, 4) is 0 Å². The fourth-order valence-corrected chi connectivity index (χ4v) is 4.61. The van der Waals surface area contributed by atoms with Crippen LogP contribution in [0.4, 0.5) is 11.4 Å². The Hall–Kier alpha value is -3.58. The Morgan fingerprint density at radius 2 is 1.50 bits per heavy atom. The van der Waals surface area contributed by atoms with Gasteiger partial charge in [0.25, 0.3) is 15.9 Å². The van der Waals surface area contributed by atoms with Gasteiger partial charge in [0.05, 0.1) is 17.1 Å². The summed E-state index contributed by atoms with van der Waals surface area (Å²) in [6.07, 6.45) is 1.53. The van der Waals surface area contributed by atoms with E-state index in [1.807, 2.05) is 43.3 Å². The van der Waals surface area contributed by atoms with Crippen molar-refractivity contribution >= 4 is 27.3 Å². The molecule has 1 amide bonds. The molecule has 0 heterocycles. The standard InChI is InChI=1S/C25H27N3O3S/c1-4-18-28(32(30,31)24-8-6-5-7-9-24)23-16-12-21(13-17-23)25(29)26-19-20-10-14-22(15-11-20)27(2)3/h4-17H,1,18-19H2,2-3H3,(H,26,29). The van der Waals surface area contributed by atoms with Crippen LogP contribution >= 0.6 is 0 Å². The molecule has 3 rings (SSSR count). The second-order valence-electron chi connectivity index (χ2n) is 7.43. The molecule has 3 aromatic carbocycles. The molecule has 0 aromatic heterocycles. The van der Waals surface area contributed by atoms with E-state index in [9.17, 15) is 13.2 Å². The van der Waals surface area contributed by atoms with Gasteiger partial charge in [-0.05, 0) is 54.1 Å². The summed E-state index contributed by atoms with van der Waals surface area (Å²) < 4.78 is 27.4. The summed E-state index contributed by atoms with van der Waals surface area (Å²) in [6, 6.07) is 22.7. The molecule has 0 aliphatic heterocycles. The highest BCUT2D eigenvalue weighted by Gasteiger charge is 2.23. The van der Waals surface area contributed by atoms with Crippen LogP contribution in [0.15, 0.2) is 96.4 Å². The Bertz CT molecular complexity index is 1160. The minimum atomic E-state index is -3.75. The molecule has 3 aromatic rings. The molecule has 0 bridgehead atoms. The van der Waals surface area contributed by atoms with Gasteiger partial charge >= 0.3 is 0 Å². The minimum absolute atomic E-state index is 0.117. The molecule has 0 atom stereocenters. The van der Waals surface area contributed by atoms with Crippen LogP contribution < -0.4 is 14.5 Å². The summed E-state index contributed by atoms with van der Waals surface area (Å²) in [5.74, 6) is -0.227. The van der Waals surface area contributed by atoms with E-state index in [4.69, 9.17) is 0 Å². The zero-order chi connectivity index (χ0) is 23.1. The number of hydrogen-bond donors (Lipinski definition) is 1. The molecular formula is C25H27N3O3S. The average Bonchev–Trinajstić information content (AvgIpc) is 2.82. The molecule has 1 N–H and O–H groups in total. The predicted octanol–water partition coefficient (Wildman–Crippen LogP) is 4.06. The first-order chi connectivity index (χ1) is 15.3. The molecule has 0 unspecified atom stereocenters. The van der Waals surface area contributed by atoms with Crippen molar-refractivity contribution in [2.24, 2.45) is 0 Å². The lowest BCUT2D eigenvalue weighted by atomic mass is 10.1. The van der Waals surface area contributed by atoms with E-state index in [0.29, 0.717) is 17.8 Å². The zero-order valence-electron chi connectivity index (χ0n) is 18.2. The number of anilines is 2. The van der Waals surface area contributed by atoms with Gasteiger partial charge in [-0.15, -0.1) is 6.58 Å². The van der Waals surface area contributed by atoms with Crippen LogP contribution in [0.1, 0.15) is 15.9 Å². The van der Waals surface area contributed by atoms with Crippen LogP contribution in [0.3, 0.4) is 0 Å². The van der Waals surface area contributed by atoms with Gasteiger partial charge in [-0.1, -0.05) is 36.4 Å². The van der Waals surface area contributed by atoms with Crippen molar-refractivity contribution in [1.82, 2.24) is 5.32 Å². The smallest absolute Gasteiger partial charge is 0.264 e. The number of amides is 1. The lowest BCUT2D eigenvalue weighted by molar-refractivity contribution is 0.0951. The monoisotopic (exact) mass is 449 g/mol. The number of carbonyl (C=O) groups is 1. The fourth-order valence-electron chi connectivity index (χ4n) is 3.15. The van der Waals surface area contributed by atoms with Gasteiger partial charge in [0.15, 0.2) is 0 Å². The lowest BCUT2D eigenvalue weighted by Crippen LogP contribution is -2.31. The Kier molecular flexibility index (Phi) is 7.33. The predicted molar refractivity (Wildman–Crippen MR) is 130 cm³/mol. The number of carbonyl (C=O) groups excluding carboxylic acids is 1. The second-order valence-corrected chi connectivity index (χ2v) is 9.29. The van der Waals surface area contributed by atoms with Crippen LogP contribution in [-0.2, 0) is 16.6 Å². The first kappa shape index (κ1) is 23.1. The molecule has 0 saturated heterocycles. The second kappa shape index (κ2) is 10.2. The molecule has 0 spiro atoms. The quantitative estimate of drug-likeness (QED) is 0.500. The van der Waals surface area contributed by atoms with E-state index in [1.165, 1.54) is 10.4 Å². The van der Waals surface area contributed by atoms with Crippen LogP contribution in [0.5, 0.6) is 0 Å². The molecule has 0 saturated carbocycles. The van der Waals surface area contributed by atoms with Crippen LogP contribution in [0, 0.1) is 0 Å². The Morgan fingerprint density at radius 3 is 2.06 bits per heavy atom. The molecule has 32 heavy (non-hydrogen) atoms. The number of nitrogens with zero attached hydrogens (tertiary/aromatic N) is 2. The summed E-state index contributed by atoms with van der Waals surface area (Å²) >= 11 is 0. The molecule has 0 aliphatic carbocycles. The Labute approximate surface area is 189 Å². The van der Waals surface area contributed by atoms with Crippen molar-refractivity contribution in [1.29, 1.82) is 0 Å². The summed E-state index contributed by atoms with van der Waals surface area (Å²) in [5.41, 5.74) is 3.00. The van der Waals surface area contributed by atoms with Gasteiger partial charge in [-0.2, -0.15) is 0 Å². The number of rotatable bonds is 9. The molecule has 0 fully saturated rings. The van der Waals surface area contributed by atoms with Crippen molar-refractivity contribution < 1.29 is 13.2 Å². The van der Waals surface area contributed by atoms with Gasteiger partial charge in [-0.25, -0.2) is 8.42 Å². The lowest BCUT2D eigenvalue weighted by Gasteiger charge is -2.23. The average molecular weight is 450 g/mol. The first-order valence-electron chi connectivity index (χ1n) is 10.2. The van der Waals surface area contributed by atoms with E-state index < -0.39 is 10.0 Å². The highest BCUT2D eigenvalue weighted by atomic mass is 32.2. The number of benzene rings is 3. The maximum atomic E-state index is 13.1. The number of nitrogens with one attached hydrogen (secondary N) is 1. The number of hydrogen-bond acceptors (Lipinski definition) is 4. The van der Waals surface area contributed by atoms with Crippen molar-refractivity contribution in [3.05, 3.63) is 103 Å². The van der Waals surface area contributed by atoms with Gasteiger partial charge in [0, 0.05) is 31.9 Å². The summed E-state index contributed by atoms with van der Waals surface area (Å²) in [6.45, 7) is 4.19. The third-order valence-corrected chi connectivity index (χ3v) is 6.76. The maximum Gasteiger partial charge on any atom is 0.264 e. The third kappa shape index (κ3) is 5.36. The SMILES string of the molecule is C=CCN(c1ccc(C(=O)NCc2ccc(N(C)C)cc2)cc1)S(=O)(=O)c1ccccc1. The van der Waals surface area contributed by atoms with Gasteiger partial charge in [0.2, 0.25) is 0 Å². The van der Waals surface area contributed by atoms with E-state index in [0.717, 1.165) is 11.3 Å². The molecular weight excluding hydrogens is 422 g/mol. The molecule has 7 heteroatoms. The molecule has 0 radical (unpaired) electrons. The Morgan fingerprint density at radius 1 is 0.906 bits per heavy atom. The highest BCUT2D eigenvalue weighted by Crippen LogP contribution is 2.24. The summed E-state index contributed by atoms with van der Waals surface area (Å²) in [7, 11) is 0.201. The Balaban J connectivity index is 1.72. The molecule has 6 nitrogen and oxygen atoms in total. The van der Waals surface area contributed by atoms with Crippen LogP contribution in [0.2, 0.25) is 0 Å². The third-order valence-electron chi connectivity index (χ3n) is 4.95. The first-order valence-corrected chi connectivity index (χ1v) is 11.6. The van der Waals surface area contributed by atoms with Crippen LogP contribution in [-0.4, -0.2) is 35.0 Å². The van der Waals surface area contributed by atoms with Gasteiger partial charge in [0.1, 0.15) is 0 Å². The van der Waals surface area contributed by atoms with E-state index in [-0.39, 0.29) is 17.3 Å². The minimum Gasteiger partial charge on any atom is -0.378 e. The van der Waals surface area contributed by atoms with E-state index in [1.54, 1.807) is 54.6 Å². The van der Waals surface area contributed by atoms with Crippen molar-refractivity contribution in [2.75, 3.05) is 29.8 Å². The van der Waals surface area contributed by atoms with E-state index >= 15 is 0 Å². The van der Waals surface area contributed by atoms with Crippen LogP contribution in [0.25, 0.3) is 0 Å². The molecule has 166 valence electrons. The number of sulfonamides is 1. The van der Waals surface area contributed by atoms with Gasteiger partial charge in [-0.3, -0.25) is 9.10 Å². The highest BCUT2D eigenvalue weighted by molar-refractivity contribution is 7.92. The van der Waals surface area contributed by atoms with E-state index in [2.05, 4.69) is 11.9 Å².